The highest BCUT2D eigenvalue weighted by atomic mass is 16.2. The van der Waals surface area contributed by atoms with Gasteiger partial charge in [-0.3, -0.25) is 0 Å². The first kappa shape index (κ1) is 15.7. The van der Waals surface area contributed by atoms with Crippen molar-refractivity contribution >= 4 is 17.4 Å². The maximum Gasteiger partial charge on any atom is 0.323 e. The Morgan fingerprint density at radius 2 is 1.36 bits per heavy atom. The first-order valence-corrected chi connectivity index (χ1v) is 7.14. The summed E-state index contributed by atoms with van der Waals surface area (Å²) in [6, 6.07) is 14.7. The summed E-state index contributed by atoms with van der Waals surface area (Å²) in [6.07, 6.45) is 5.30. The van der Waals surface area contributed by atoms with Crippen LogP contribution in [-0.2, 0) is 5.41 Å². The molecule has 3 heteroatoms. The predicted molar refractivity (Wildman–Crippen MR) is 92.2 cm³/mol. The topological polar surface area (TPSA) is 41.1 Å². The van der Waals surface area contributed by atoms with Gasteiger partial charge in [0.25, 0.3) is 0 Å². The Morgan fingerprint density at radius 3 is 1.77 bits per heavy atom. The molecule has 2 aromatic rings. The number of hydrogen-bond acceptors (Lipinski definition) is 1. The van der Waals surface area contributed by atoms with Gasteiger partial charge in [-0.2, -0.15) is 0 Å². The summed E-state index contributed by atoms with van der Waals surface area (Å²) in [6.45, 7) is 6.46. The van der Waals surface area contributed by atoms with Gasteiger partial charge in [-0.25, -0.2) is 4.79 Å². The van der Waals surface area contributed by atoms with Gasteiger partial charge in [-0.05, 0) is 47.4 Å². The SMILES string of the molecule is C#Cc1ccc(NC(=O)Nc2ccc(C(C)(C)C)cc2)cc1. The Labute approximate surface area is 131 Å². The van der Waals surface area contributed by atoms with Crippen LogP contribution >= 0.6 is 0 Å². The molecule has 0 bridgehead atoms. The predicted octanol–water partition coefficient (Wildman–Crippen LogP) is 4.61. The van der Waals surface area contributed by atoms with Gasteiger partial charge in [0.1, 0.15) is 0 Å². The quantitative estimate of drug-likeness (QED) is 0.780. The summed E-state index contributed by atoms with van der Waals surface area (Å²) in [7, 11) is 0. The third kappa shape index (κ3) is 4.13. The van der Waals surface area contributed by atoms with E-state index < -0.39 is 0 Å². The number of carbonyl (C=O) groups excluding carboxylic acids is 1. The van der Waals surface area contributed by atoms with Gasteiger partial charge < -0.3 is 10.6 Å². The molecule has 0 spiro atoms. The largest absolute Gasteiger partial charge is 0.323 e. The molecule has 0 aliphatic rings. The van der Waals surface area contributed by atoms with Crippen LogP contribution in [0.4, 0.5) is 16.2 Å². The molecule has 0 saturated carbocycles. The molecule has 0 atom stereocenters. The number of terminal acetylenes is 1. The number of anilines is 2. The van der Waals surface area contributed by atoms with E-state index in [0.717, 1.165) is 11.3 Å². The number of benzene rings is 2. The molecular formula is C19H20N2O. The molecule has 2 N–H and O–H groups in total. The third-order valence-electron chi connectivity index (χ3n) is 3.32. The lowest BCUT2D eigenvalue weighted by atomic mass is 9.87. The summed E-state index contributed by atoms with van der Waals surface area (Å²) < 4.78 is 0. The molecule has 0 aliphatic carbocycles. The van der Waals surface area contributed by atoms with Crippen molar-refractivity contribution < 1.29 is 4.79 Å². The van der Waals surface area contributed by atoms with Gasteiger partial charge in [0.15, 0.2) is 0 Å². The minimum atomic E-state index is -0.281. The first-order valence-electron chi connectivity index (χ1n) is 7.14. The van der Waals surface area contributed by atoms with Gasteiger partial charge in [0.05, 0.1) is 0 Å². The smallest absolute Gasteiger partial charge is 0.308 e. The normalized spacial score (nSPS) is 10.6. The van der Waals surface area contributed by atoms with Crippen molar-refractivity contribution in [1.29, 1.82) is 0 Å². The fourth-order valence-electron chi connectivity index (χ4n) is 2.00. The van der Waals surface area contributed by atoms with E-state index in [1.54, 1.807) is 24.3 Å². The van der Waals surface area contributed by atoms with Crippen LogP contribution in [0.2, 0.25) is 0 Å². The van der Waals surface area contributed by atoms with Gasteiger partial charge in [0.2, 0.25) is 0 Å². The fraction of sp³-hybridized carbons (Fsp3) is 0.211. The van der Waals surface area contributed by atoms with Crippen LogP contribution in [0.3, 0.4) is 0 Å². The van der Waals surface area contributed by atoms with Crippen molar-refractivity contribution in [3.8, 4) is 12.3 Å². The second-order valence-corrected chi connectivity index (χ2v) is 6.13. The number of urea groups is 1. The number of rotatable bonds is 2. The molecule has 0 radical (unpaired) electrons. The molecule has 0 saturated heterocycles. The number of nitrogens with one attached hydrogen (secondary N) is 2. The Bertz CT molecular complexity index is 686. The minimum absolute atomic E-state index is 0.0968. The van der Waals surface area contributed by atoms with Crippen LogP contribution in [0.1, 0.15) is 31.9 Å². The van der Waals surface area contributed by atoms with E-state index in [-0.39, 0.29) is 11.4 Å². The highest BCUT2D eigenvalue weighted by Crippen LogP contribution is 2.23. The second-order valence-electron chi connectivity index (χ2n) is 6.13. The van der Waals surface area contributed by atoms with Crippen molar-refractivity contribution in [1.82, 2.24) is 0 Å². The Hall–Kier alpha value is -2.73. The van der Waals surface area contributed by atoms with Gasteiger partial charge >= 0.3 is 6.03 Å². The first-order chi connectivity index (χ1) is 10.4. The van der Waals surface area contributed by atoms with Crippen LogP contribution in [0.15, 0.2) is 48.5 Å². The average molecular weight is 292 g/mol. The number of hydrogen-bond donors (Lipinski definition) is 2. The number of amides is 2. The molecule has 0 aromatic heterocycles. The van der Waals surface area contributed by atoms with E-state index in [2.05, 4.69) is 37.3 Å². The zero-order valence-corrected chi connectivity index (χ0v) is 13.1. The molecule has 0 aliphatic heterocycles. The summed E-state index contributed by atoms with van der Waals surface area (Å²) in [4.78, 5) is 12.0. The molecule has 112 valence electrons. The van der Waals surface area contributed by atoms with Crippen LogP contribution in [0, 0.1) is 12.3 Å². The van der Waals surface area contributed by atoms with E-state index in [1.165, 1.54) is 5.56 Å². The molecule has 0 unspecified atom stereocenters. The van der Waals surface area contributed by atoms with E-state index in [1.807, 2.05) is 24.3 Å². The lowest BCUT2D eigenvalue weighted by Gasteiger charge is -2.19. The summed E-state index contributed by atoms with van der Waals surface area (Å²) in [5.41, 5.74) is 3.56. The molecule has 2 rings (SSSR count). The Morgan fingerprint density at radius 1 is 0.909 bits per heavy atom. The maximum absolute atomic E-state index is 12.0. The van der Waals surface area contributed by atoms with Gasteiger partial charge in [-0.15, -0.1) is 6.42 Å². The highest BCUT2D eigenvalue weighted by Gasteiger charge is 2.13. The average Bonchev–Trinajstić information content (AvgIpc) is 2.47. The maximum atomic E-state index is 12.0. The lowest BCUT2D eigenvalue weighted by Crippen LogP contribution is -2.19. The van der Waals surface area contributed by atoms with Crippen molar-refractivity contribution in [3.05, 3.63) is 59.7 Å². The summed E-state index contributed by atoms with van der Waals surface area (Å²) in [5.74, 6) is 2.54. The van der Waals surface area contributed by atoms with Crippen LogP contribution < -0.4 is 10.6 Å². The molecule has 3 nitrogen and oxygen atoms in total. The number of carbonyl (C=O) groups is 1. The van der Waals surface area contributed by atoms with Crippen molar-refractivity contribution in [2.45, 2.75) is 26.2 Å². The fourth-order valence-corrected chi connectivity index (χ4v) is 2.00. The van der Waals surface area contributed by atoms with Gasteiger partial charge in [-0.1, -0.05) is 38.8 Å². The molecule has 0 fully saturated rings. The van der Waals surface area contributed by atoms with Crippen molar-refractivity contribution in [3.63, 3.8) is 0 Å². The zero-order valence-electron chi connectivity index (χ0n) is 13.1. The molecular weight excluding hydrogens is 272 g/mol. The zero-order chi connectivity index (χ0) is 16.2. The van der Waals surface area contributed by atoms with Crippen LogP contribution in [-0.4, -0.2) is 6.03 Å². The van der Waals surface area contributed by atoms with Crippen molar-refractivity contribution in [2.75, 3.05) is 10.6 Å². The third-order valence-corrected chi connectivity index (χ3v) is 3.32. The molecule has 22 heavy (non-hydrogen) atoms. The molecule has 2 amide bonds. The van der Waals surface area contributed by atoms with E-state index >= 15 is 0 Å². The van der Waals surface area contributed by atoms with Crippen LogP contribution in [0.25, 0.3) is 0 Å². The second kappa shape index (κ2) is 6.36. The van der Waals surface area contributed by atoms with Crippen molar-refractivity contribution in [2.24, 2.45) is 0 Å². The van der Waals surface area contributed by atoms with Crippen LogP contribution in [0.5, 0.6) is 0 Å². The molecule has 0 heterocycles. The summed E-state index contributed by atoms with van der Waals surface area (Å²) in [5, 5.41) is 5.58. The van der Waals surface area contributed by atoms with E-state index in [0.29, 0.717) is 5.69 Å². The Balaban J connectivity index is 1.98. The molecule has 2 aromatic carbocycles. The minimum Gasteiger partial charge on any atom is -0.308 e. The van der Waals surface area contributed by atoms with E-state index in [4.69, 9.17) is 6.42 Å². The van der Waals surface area contributed by atoms with Gasteiger partial charge in [0, 0.05) is 16.9 Å². The summed E-state index contributed by atoms with van der Waals surface area (Å²) >= 11 is 0. The highest BCUT2D eigenvalue weighted by molar-refractivity contribution is 5.99. The standard InChI is InChI=1S/C19H20N2O/c1-5-14-6-10-16(11-7-14)20-18(22)21-17-12-8-15(9-13-17)19(2,3)4/h1,6-13H,2-4H3,(H2,20,21,22). The van der Waals surface area contributed by atoms with E-state index in [9.17, 15) is 4.79 Å². The lowest BCUT2D eigenvalue weighted by molar-refractivity contribution is 0.262. The monoisotopic (exact) mass is 292 g/mol. The Kier molecular flexibility index (Phi) is 4.53.